The minimum Gasteiger partial charge on any atom is -0.266 e. The Morgan fingerprint density at radius 1 is 1.19 bits per heavy atom. The van der Waals surface area contributed by atoms with Gasteiger partial charge in [0.05, 0.1) is 11.1 Å². The van der Waals surface area contributed by atoms with Crippen molar-refractivity contribution >= 4 is 29.1 Å². The predicted molar refractivity (Wildman–Crippen MR) is 103 cm³/mol. The standard InChI is InChI=1S/C19H15N3O3S/c1-13-5-7-15(8-6-13)17-9-10-26-18(17)19(23)21-20-12-14-3-2-4-16(11-14)22(24)25/h2-12H,1H3,(H,21,23)/b20-12-. The van der Waals surface area contributed by atoms with Crippen molar-refractivity contribution in [3.05, 3.63) is 86.1 Å². The van der Waals surface area contributed by atoms with Crippen molar-refractivity contribution in [1.82, 2.24) is 5.43 Å². The third kappa shape index (κ3) is 4.01. The van der Waals surface area contributed by atoms with Crippen molar-refractivity contribution in [3.8, 4) is 11.1 Å². The highest BCUT2D eigenvalue weighted by Gasteiger charge is 2.14. The second-order valence-electron chi connectivity index (χ2n) is 5.58. The molecule has 130 valence electrons. The number of nitrogens with zero attached hydrogens (tertiary/aromatic N) is 2. The number of non-ortho nitro benzene ring substituents is 1. The number of benzene rings is 2. The third-order valence-electron chi connectivity index (χ3n) is 3.69. The topological polar surface area (TPSA) is 84.6 Å². The maximum atomic E-state index is 12.4. The number of carbonyl (C=O) groups excluding carboxylic acids is 1. The fourth-order valence-electron chi connectivity index (χ4n) is 2.38. The number of hydrogen-bond acceptors (Lipinski definition) is 5. The van der Waals surface area contributed by atoms with Gasteiger partial charge in [-0.2, -0.15) is 5.10 Å². The van der Waals surface area contributed by atoms with E-state index in [4.69, 9.17) is 0 Å². The van der Waals surface area contributed by atoms with Crippen LogP contribution < -0.4 is 5.43 Å². The molecular weight excluding hydrogens is 350 g/mol. The van der Waals surface area contributed by atoms with Gasteiger partial charge in [0.15, 0.2) is 0 Å². The fourth-order valence-corrected chi connectivity index (χ4v) is 3.19. The van der Waals surface area contributed by atoms with Gasteiger partial charge in [-0.05, 0) is 23.9 Å². The van der Waals surface area contributed by atoms with E-state index in [2.05, 4.69) is 10.5 Å². The number of nitro groups is 1. The predicted octanol–water partition coefficient (Wildman–Crippen LogP) is 4.40. The maximum Gasteiger partial charge on any atom is 0.282 e. The van der Waals surface area contributed by atoms with E-state index in [1.807, 2.05) is 42.6 Å². The van der Waals surface area contributed by atoms with E-state index < -0.39 is 4.92 Å². The smallest absolute Gasteiger partial charge is 0.266 e. The lowest BCUT2D eigenvalue weighted by Crippen LogP contribution is -2.17. The average molecular weight is 365 g/mol. The van der Waals surface area contributed by atoms with Crippen molar-refractivity contribution in [1.29, 1.82) is 0 Å². The number of nitro benzene ring substituents is 1. The van der Waals surface area contributed by atoms with Gasteiger partial charge in [0, 0.05) is 23.3 Å². The van der Waals surface area contributed by atoms with Gasteiger partial charge in [0.1, 0.15) is 4.88 Å². The lowest BCUT2D eigenvalue weighted by molar-refractivity contribution is -0.384. The minimum atomic E-state index is -0.477. The molecule has 1 amide bonds. The molecule has 0 saturated carbocycles. The van der Waals surface area contributed by atoms with Crippen LogP contribution in [-0.2, 0) is 0 Å². The molecule has 0 aliphatic rings. The molecule has 0 aliphatic heterocycles. The molecule has 0 radical (unpaired) electrons. The summed E-state index contributed by atoms with van der Waals surface area (Å²) in [6.45, 7) is 2.01. The van der Waals surface area contributed by atoms with Crippen LogP contribution in [0.15, 0.2) is 65.1 Å². The van der Waals surface area contributed by atoms with Gasteiger partial charge in [-0.25, -0.2) is 5.43 Å². The second-order valence-corrected chi connectivity index (χ2v) is 6.50. The number of hydrazone groups is 1. The van der Waals surface area contributed by atoms with Crippen LogP contribution >= 0.6 is 11.3 Å². The Morgan fingerprint density at radius 3 is 2.69 bits per heavy atom. The van der Waals surface area contributed by atoms with E-state index in [0.29, 0.717) is 10.4 Å². The molecule has 6 nitrogen and oxygen atoms in total. The number of carbonyl (C=O) groups is 1. The molecule has 0 fully saturated rings. The monoisotopic (exact) mass is 365 g/mol. The Morgan fingerprint density at radius 2 is 1.96 bits per heavy atom. The third-order valence-corrected chi connectivity index (χ3v) is 4.61. The number of nitrogens with one attached hydrogen (secondary N) is 1. The van der Waals surface area contributed by atoms with Gasteiger partial charge >= 0.3 is 0 Å². The minimum absolute atomic E-state index is 0.0276. The summed E-state index contributed by atoms with van der Waals surface area (Å²) in [5.41, 5.74) is 5.94. The summed E-state index contributed by atoms with van der Waals surface area (Å²) in [6.07, 6.45) is 1.38. The average Bonchev–Trinajstić information content (AvgIpc) is 3.12. The zero-order valence-corrected chi connectivity index (χ0v) is 14.7. The lowest BCUT2D eigenvalue weighted by atomic mass is 10.1. The van der Waals surface area contributed by atoms with Crippen molar-refractivity contribution in [2.75, 3.05) is 0 Å². The van der Waals surface area contributed by atoms with Gasteiger partial charge in [-0.15, -0.1) is 11.3 Å². The number of thiophene rings is 1. The summed E-state index contributed by atoms with van der Waals surface area (Å²) in [5.74, 6) is -0.322. The van der Waals surface area contributed by atoms with Crippen LogP contribution in [-0.4, -0.2) is 17.0 Å². The normalized spacial score (nSPS) is 10.8. The number of aryl methyl sites for hydroxylation is 1. The van der Waals surface area contributed by atoms with Gasteiger partial charge in [-0.3, -0.25) is 14.9 Å². The molecule has 3 rings (SSSR count). The van der Waals surface area contributed by atoms with E-state index in [1.165, 1.54) is 29.7 Å². The molecule has 0 unspecified atom stereocenters. The molecule has 1 N–H and O–H groups in total. The Balaban J connectivity index is 1.73. The summed E-state index contributed by atoms with van der Waals surface area (Å²) < 4.78 is 0. The van der Waals surface area contributed by atoms with Crippen LogP contribution in [0.3, 0.4) is 0 Å². The van der Waals surface area contributed by atoms with Gasteiger partial charge < -0.3 is 0 Å². The number of rotatable bonds is 5. The number of amides is 1. The fraction of sp³-hybridized carbons (Fsp3) is 0.0526. The van der Waals surface area contributed by atoms with Crippen molar-refractivity contribution in [2.24, 2.45) is 5.10 Å². The molecule has 0 bridgehead atoms. The van der Waals surface area contributed by atoms with Crippen LogP contribution in [0.4, 0.5) is 5.69 Å². The molecule has 3 aromatic rings. The quantitative estimate of drug-likeness (QED) is 0.413. The van der Waals surface area contributed by atoms with E-state index >= 15 is 0 Å². The molecule has 0 atom stereocenters. The first-order valence-electron chi connectivity index (χ1n) is 7.77. The molecule has 0 spiro atoms. The summed E-state index contributed by atoms with van der Waals surface area (Å²) in [6, 6.07) is 15.9. The van der Waals surface area contributed by atoms with Gasteiger partial charge in [0.2, 0.25) is 0 Å². The molecule has 0 aliphatic carbocycles. The molecule has 2 aromatic carbocycles. The summed E-state index contributed by atoms with van der Waals surface area (Å²) in [5, 5.41) is 16.5. The second kappa shape index (κ2) is 7.71. The zero-order chi connectivity index (χ0) is 18.5. The zero-order valence-electron chi connectivity index (χ0n) is 13.9. The molecular formula is C19H15N3O3S. The van der Waals surface area contributed by atoms with Gasteiger partial charge in [-0.1, -0.05) is 42.0 Å². The Bertz CT molecular complexity index is 978. The Hall–Kier alpha value is -3.32. The highest BCUT2D eigenvalue weighted by atomic mass is 32.1. The Kier molecular flexibility index (Phi) is 5.19. The van der Waals surface area contributed by atoms with Crippen LogP contribution in [0.2, 0.25) is 0 Å². The Labute approximate surface area is 154 Å². The van der Waals surface area contributed by atoms with E-state index in [-0.39, 0.29) is 11.6 Å². The van der Waals surface area contributed by atoms with E-state index in [0.717, 1.165) is 16.7 Å². The van der Waals surface area contributed by atoms with Crippen molar-refractivity contribution in [3.63, 3.8) is 0 Å². The van der Waals surface area contributed by atoms with Crippen molar-refractivity contribution < 1.29 is 9.72 Å². The highest BCUT2D eigenvalue weighted by Crippen LogP contribution is 2.28. The van der Waals surface area contributed by atoms with Crippen LogP contribution in [0.25, 0.3) is 11.1 Å². The number of hydrogen-bond donors (Lipinski definition) is 1. The van der Waals surface area contributed by atoms with E-state index in [9.17, 15) is 14.9 Å². The highest BCUT2D eigenvalue weighted by molar-refractivity contribution is 7.12. The first-order chi connectivity index (χ1) is 12.5. The van der Waals surface area contributed by atoms with Crippen LogP contribution in [0, 0.1) is 17.0 Å². The molecule has 7 heteroatoms. The maximum absolute atomic E-state index is 12.4. The first-order valence-corrected chi connectivity index (χ1v) is 8.65. The summed E-state index contributed by atoms with van der Waals surface area (Å²) >= 11 is 1.33. The van der Waals surface area contributed by atoms with E-state index in [1.54, 1.807) is 12.1 Å². The first kappa shape index (κ1) is 17.5. The van der Waals surface area contributed by atoms with Crippen molar-refractivity contribution in [2.45, 2.75) is 6.92 Å². The molecule has 1 aromatic heterocycles. The lowest BCUT2D eigenvalue weighted by Gasteiger charge is -2.03. The van der Waals surface area contributed by atoms with Gasteiger partial charge in [0.25, 0.3) is 11.6 Å². The summed E-state index contributed by atoms with van der Waals surface area (Å²) in [7, 11) is 0. The van der Waals surface area contributed by atoms with Crippen LogP contribution in [0.1, 0.15) is 20.8 Å². The molecule has 26 heavy (non-hydrogen) atoms. The summed E-state index contributed by atoms with van der Waals surface area (Å²) in [4.78, 5) is 23.3. The SMILES string of the molecule is Cc1ccc(-c2ccsc2C(=O)N/N=C\c2cccc([N+](=O)[O-])c2)cc1. The van der Waals surface area contributed by atoms with Crippen LogP contribution in [0.5, 0.6) is 0 Å². The largest absolute Gasteiger partial charge is 0.282 e. The molecule has 1 heterocycles. The molecule has 0 saturated heterocycles.